The van der Waals surface area contributed by atoms with Crippen LogP contribution in [0.5, 0.6) is 5.75 Å². The Kier molecular flexibility index (Phi) is 4.89. The van der Waals surface area contributed by atoms with E-state index in [1.54, 1.807) is 12.1 Å². The molecule has 0 radical (unpaired) electrons. The van der Waals surface area contributed by atoms with Crippen molar-refractivity contribution in [1.82, 2.24) is 5.32 Å². The van der Waals surface area contributed by atoms with E-state index in [0.717, 1.165) is 19.3 Å². The Morgan fingerprint density at radius 2 is 2.15 bits per heavy atom. The van der Waals surface area contributed by atoms with Gasteiger partial charge in [0.05, 0.1) is 5.56 Å². The summed E-state index contributed by atoms with van der Waals surface area (Å²) in [5.74, 6) is -0.254. The topological polar surface area (TPSA) is 64.3 Å². The lowest BCUT2D eigenvalue weighted by atomic mass is 10.0. The number of rotatable bonds is 5. The van der Waals surface area contributed by atoms with Crippen LogP contribution >= 0.6 is 0 Å². The van der Waals surface area contributed by atoms with E-state index in [9.17, 15) is 13.6 Å². The van der Waals surface area contributed by atoms with E-state index in [4.69, 9.17) is 5.73 Å². The van der Waals surface area contributed by atoms with E-state index in [2.05, 4.69) is 10.1 Å². The number of hydrogen-bond acceptors (Lipinski definition) is 3. The molecule has 2 atom stereocenters. The molecule has 110 valence electrons. The molecule has 0 bridgehead atoms. The highest BCUT2D eigenvalue weighted by Gasteiger charge is 2.28. The van der Waals surface area contributed by atoms with Gasteiger partial charge >= 0.3 is 6.61 Å². The number of ether oxygens (including phenoxy) is 1. The van der Waals surface area contributed by atoms with Crippen LogP contribution in [0.15, 0.2) is 24.3 Å². The van der Waals surface area contributed by atoms with Crippen molar-refractivity contribution in [3.05, 3.63) is 29.8 Å². The number of hydrogen-bond donors (Lipinski definition) is 2. The summed E-state index contributed by atoms with van der Waals surface area (Å²) in [6.45, 7) is -2.44. The number of alkyl halides is 2. The van der Waals surface area contributed by atoms with E-state index < -0.39 is 12.5 Å². The Labute approximate surface area is 116 Å². The van der Waals surface area contributed by atoms with E-state index in [1.807, 2.05) is 0 Å². The molecule has 1 fully saturated rings. The molecule has 1 aromatic rings. The fraction of sp³-hybridized carbons (Fsp3) is 0.500. The minimum Gasteiger partial charge on any atom is -0.434 e. The predicted molar refractivity (Wildman–Crippen MR) is 70.7 cm³/mol. The molecule has 2 rings (SSSR count). The summed E-state index contributed by atoms with van der Waals surface area (Å²) in [6.07, 6.45) is 2.87. The van der Waals surface area contributed by atoms with Crippen LogP contribution in [0.3, 0.4) is 0 Å². The molecule has 2 unspecified atom stereocenters. The average molecular weight is 284 g/mol. The zero-order chi connectivity index (χ0) is 14.5. The zero-order valence-corrected chi connectivity index (χ0v) is 11.0. The molecule has 0 heterocycles. The second-order valence-corrected chi connectivity index (χ2v) is 4.88. The highest BCUT2D eigenvalue weighted by molar-refractivity contribution is 5.97. The van der Waals surface area contributed by atoms with Gasteiger partial charge in [-0.25, -0.2) is 0 Å². The maximum Gasteiger partial charge on any atom is 0.387 e. The minimum atomic E-state index is -2.95. The van der Waals surface area contributed by atoms with Crippen LogP contribution in [-0.2, 0) is 0 Å². The van der Waals surface area contributed by atoms with Crippen molar-refractivity contribution < 1.29 is 18.3 Å². The molecule has 1 aliphatic carbocycles. The first-order valence-corrected chi connectivity index (χ1v) is 6.66. The monoisotopic (exact) mass is 284 g/mol. The summed E-state index contributed by atoms with van der Waals surface area (Å²) in [7, 11) is 0. The van der Waals surface area contributed by atoms with Gasteiger partial charge in [0.15, 0.2) is 0 Å². The van der Waals surface area contributed by atoms with Gasteiger partial charge in [0.2, 0.25) is 0 Å². The molecule has 0 spiro atoms. The lowest BCUT2D eigenvalue weighted by molar-refractivity contribution is -0.0501. The van der Waals surface area contributed by atoms with Gasteiger partial charge in [0.25, 0.3) is 5.91 Å². The molecule has 3 N–H and O–H groups in total. The van der Waals surface area contributed by atoms with Crippen molar-refractivity contribution in [1.29, 1.82) is 0 Å². The molecule has 0 aromatic heterocycles. The van der Waals surface area contributed by atoms with Crippen LogP contribution in [0.1, 0.15) is 29.6 Å². The molecule has 1 aliphatic rings. The van der Waals surface area contributed by atoms with Gasteiger partial charge in [-0.3, -0.25) is 4.79 Å². The molecule has 4 nitrogen and oxygen atoms in total. The standard InChI is InChI=1S/C14H18F2N2O2/c15-14(16)20-12-7-2-1-5-10(12)13(19)18-11-6-3-4-9(11)8-17/h1-2,5,7,9,11,14H,3-4,6,8,17H2,(H,18,19). The molecular formula is C14H18F2N2O2. The van der Waals surface area contributed by atoms with Crippen LogP contribution in [0.4, 0.5) is 8.78 Å². The second-order valence-electron chi connectivity index (χ2n) is 4.88. The van der Waals surface area contributed by atoms with Crippen LogP contribution in [0.25, 0.3) is 0 Å². The SMILES string of the molecule is NCC1CCCC1NC(=O)c1ccccc1OC(F)F. The summed E-state index contributed by atoms with van der Waals surface area (Å²) in [4.78, 5) is 12.2. The number of nitrogens with two attached hydrogens (primary N) is 1. The van der Waals surface area contributed by atoms with Crippen molar-refractivity contribution in [3.8, 4) is 5.75 Å². The van der Waals surface area contributed by atoms with Crippen LogP contribution in [0, 0.1) is 5.92 Å². The predicted octanol–water partition coefficient (Wildman–Crippen LogP) is 2.15. The van der Waals surface area contributed by atoms with Crippen molar-refractivity contribution in [3.63, 3.8) is 0 Å². The first-order chi connectivity index (χ1) is 9.61. The quantitative estimate of drug-likeness (QED) is 0.870. The van der Waals surface area contributed by atoms with Gasteiger partial charge in [-0.05, 0) is 37.4 Å². The van der Waals surface area contributed by atoms with Crippen molar-refractivity contribution >= 4 is 5.91 Å². The highest BCUT2D eigenvalue weighted by atomic mass is 19.3. The van der Waals surface area contributed by atoms with Gasteiger partial charge in [-0.15, -0.1) is 0 Å². The lowest BCUT2D eigenvalue weighted by Gasteiger charge is -2.20. The van der Waals surface area contributed by atoms with Crippen LogP contribution in [-0.4, -0.2) is 25.1 Å². The summed E-state index contributed by atoms with van der Waals surface area (Å²) in [5.41, 5.74) is 5.78. The maximum atomic E-state index is 12.3. The third kappa shape index (κ3) is 3.45. The molecule has 6 heteroatoms. The molecule has 20 heavy (non-hydrogen) atoms. The molecule has 1 amide bonds. The van der Waals surface area contributed by atoms with Crippen molar-refractivity contribution in [2.75, 3.05) is 6.54 Å². The van der Waals surface area contributed by atoms with Crippen LogP contribution in [0.2, 0.25) is 0 Å². The van der Waals surface area contributed by atoms with Gasteiger partial charge < -0.3 is 15.8 Å². The van der Waals surface area contributed by atoms with Crippen LogP contribution < -0.4 is 15.8 Å². The Morgan fingerprint density at radius 1 is 1.40 bits per heavy atom. The number of amides is 1. The first kappa shape index (κ1) is 14.7. The van der Waals surface area contributed by atoms with Gasteiger partial charge in [0, 0.05) is 6.04 Å². The van der Waals surface area contributed by atoms with E-state index >= 15 is 0 Å². The van der Waals surface area contributed by atoms with Crippen molar-refractivity contribution in [2.45, 2.75) is 31.9 Å². The number of carbonyl (C=O) groups excluding carboxylic acids is 1. The zero-order valence-electron chi connectivity index (χ0n) is 11.0. The third-order valence-corrected chi connectivity index (χ3v) is 3.63. The summed E-state index contributed by atoms with van der Waals surface area (Å²) in [5, 5.41) is 2.87. The Bertz CT molecular complexity index is 468. The molecule has 1 saturated carbocycles. The van der Waals surface area contributed by atoms with Gasteiger partial charge in [-0.2, -0.15) is 8.78 Å². The first-order valence-electron chi connectivity index (χ1n) is 6.66. The molecule has 1 aromatic carbocycles. The van der Waals surface area contributed by atoms with Gasteiger partial charge in [0.1, 0.15) is 5.75 Å². The Morgan fingerprint density at radius 3 is 2.85 bits per heavy atom. The molecule has 0 saturated heterocycles. The summed E-state index contributed by atoms with van der Waals surface area (Å²) < 4.78 is 29.0. The highest BCUT2D eigenvalue weighted by Crippen LogP contribution is 2.26. The number of para-hydroxylation sites is 1. The minimum absolute atomic E-state index is 0.00658. The number of nitrogens with one attached hydrogen (secondary N) is 1. The third-order valence-electron chi connectivity index (χ3n) is 3.63. The lowest BCUT2D eigenvalue weighted by Crippen LogP contribution is -2.40. The summed E-state index contributed by atoms with van der Waals surface area (Å²) >= 11 is 0. The van der Waals surface area contributed by atoms with E-state index in [1.165, 1.54) is 12.1 Å². The van der Waals surface area contributed by atoms with E-state index in [-0.39, 0.29) is 23.3 Å². The normalized spacial score (nSPS) is 22.0. The summed E-state index contributed by atoms with van der Waals surface area (Å²) in [6, 6.07) is 6.00. The average Bonchev–Trinajstić information content (AvgIpc) is 2.85. The van der Waals surface area contributed by atoms with Gasteiger partial charge in [-0.1, -0.05) is 18.6 Å². The van der Waals surface area contributed by atoms with Crippen molar-refractivity contribution in [2.24, 2.45) is 11.7 Å². The smallest absolute Gasteiger partial charge is 0.387 e. The Balaban J connectivity index is 2.09. The van der Waals surface area contributed by atoms with E-state index in [0.29, 0.717) is 6.54 Å². The number of benzene rings is 1. The number of halogens is 2. The maximum absolute atomic E-state index is 12.3. The fourth-order valence-electron chi connectivity index (χ4n) is 2.61. The second kappa shape index (κ2) is 6.65. The molecule has 0 aliphatic heterocycles. The number of carbonyl (C=O) groups is 1. The molecular weight excluding hydrogens is 266 g/mol. The fourth-order valence-corrected chi connectivity index (χ4v) is 2.61. The largest absolute Gasteiger partial charge is 0.434 e. The Hall–Kier alpha value is -1.69.